The van der Waals surface area contributed by atoms with Crippen molar-refractivity contribution in [1.82, 2.24) is 35.1 Å². The Bertz CT molecular complexity index is 1050. The Hall–Kier alpha value is -2.77. The second-order valence-corrected chi connectivity index (χ2v) is 10.1. The molecule has 0 aromatic carbocycles. The van der Waals surface area contributed by atoms with Crippen molar-refractivity contribution < 1.29 is 19.0 Å². The van der Waals surface area contributed by atoms with Gasteiger partial charge < -0.3 is 30.7 Å². The lowest BCUT2D eigenvalue weighted by Crippen LogP contribution is -2.59. The Morgan fingerprint density at radius 2 is 2.06 bits per heavy atom. The number of carbonyl (C=O) groups is 1. The van der Waals surface area contributed by atoms with E-state index >= 15 is 0 Å². The fourth-order valence-electron chi connectivity index (χ4n) is 4.64. The van der Waals surface area contributed by atoms with Gasteiger partial charge in [0.2, 0.25) is 11.9 Å². The van der Waals surface area contributed by atoms with Crippen LogP contribution in [0.3, 0.4) is 0 Å². The van der Waals surface area contributed by atoms with Gasteiger partial charge in [-0.05, 0) is 18.8 Å². The Morgan fingerprint density at radius 3 is 2.69 bits per heavy atom. The van der Waals surface area contributed by atoms with E-state index in [1.807, 2.05) is 6.20 Å². The Labute approximate surface area is 203 Å². The third-order valence-electron chi connectivity index (χ3n) is 6.88. The molecule has 13 heteroatoms. The fourth-order valence-corrected chi connectivity index (χ4v) is 4.64. The summed E-state index contributed by atoms with van der Waals surface area (Å²) >= 11 is 0. The zero-order chi connectivity index (χ0) is 24.6. The number of amides is 1. The van der Waals surface area contributed by atoms with Crippen molar-refractivity contribution in [2.75, 3.05) is 50.0 Å². The van der Waals surface area contributed by atoms with Crippen molar-refractivity contribution in [2.45, 2.75) is 63.0 Å². The highest BCUT2D eigenvalue weighted by molar-refractivity contribution is 5.68. The molecular formula is C22H34FN9O3. The van der Waals surface area contributed by atoms with Crippen LogP contribution in [0.5, 0.6) is 0 Å². The molecule has 3 aliphatic rings. The number of hydrogen-bond acceptors (Lipinski definition) is 10. The highest BCUT2D eigenvalue weighted by atomic mass is 19.1. The summed E-state index contributed by atoms with van der Waals surface area (Å²) in [5.41, 5.74) is 0.316. The highest BCUT2D eigenvalue weighted by Crippen LogP contribution is 2.25. The summed E-state index contributed by atoms with van der Waals surface area (Å²) in [5, 5.41) is 27.0. The average molecular weight is 492 g/mol. The smallest absolute Gasteiger partial charge is 0.409 e. The van der Waals surface area contributed by atoms with Crippen molar-refractivity contribution in [1.29, 1.82) is 0 Å². The van der Waals surface area contributed by atoms with Crippen LogP contribution in [0.4, 0.5) is 21.1 Å². The summed E-state index contributed by atoms with van der Waals surface area (Å²) in [6.07, 6.45) is 2.78. The van der Waals surface area contributed by atoms with Gasteiger partial charge in [0.05, 0.1) is 6.20 Å². The van der Waals surface area contributed by atoms with Crippen molar-refractivity contribution >= 4 is 23.6 Å². The Balaban J connectivity index is 1.25. The van der Waals surface area contributed by atoms with Crippen LogP contribution < -0.4 is 21.3 Å². The fraction of sp³-hybridized carbons (Fsp3) is 0.727. The van der Waals surface area contributed by atoms with Gasteiger partial charge in [-0.2, -0.15) is 19.6 Å². The van der Waals surface area contributed by atoms with Gasteiger partial charge in [0.25, 0.3) is 0 Å². The minimum Gasteiger partial charge on any atom is -0.446 e. The molecular weight excluding hydrogens is 457 g/mol. The van der Waals surface area contributed by atoms with Crippen LogP contribution >= 0.6 is 0 Å². The van der Waals surface area contributed by atoms with Gasteiger partial charge in [-0.1, -0.05) is 13.8 Å². The van der Waals surface area contributed by atoms with E-state index in [1.54, 1.807) is 9.42 Å². The maximum absolute atomic E-state index is 14.1. The molecule has 3 aliphatic heterocycles. The van der Waals surface area contributed by atoms with E-state index in [0.29, 0.717) is 50.8 Å². The molecule has 1 amide bonds. The zero-order valence-electron chi connectivity index (χ0n) is 20.1. The summed E-state index contributed by atoms with van der Waals surface area (Å²) in [6.45, 7) is 6.07. The van der Waals surface area contributed by atoms with Crippen LogP contribution in [0, 0.1) is 0 Å². The molecule has 3 saturated heterocycles. The number of nitrogens with one attached hydrogen (secondary N) is 4. The molecule has 5 heterocycles. The van der Waals surface area contributed by atoms with Gasteiger partial charge >= 0.3 is 6.09 Å². The molecule has 5 rings (SSSR count). The first-order valence-corrected chi connectivity index (χ1v) is 12.3. The molecule has 35 heavy (non-hydrogen) atoms. The third-order valence-corrected chi connectivity index (χ3v) is 6.88. The van der Waals surface area contributed by atoms with E-state index in [1.165, 1.54) is 0 Å². The molecule has 0 aliphatic carbocycles. The molecule has 2 aromatic rings. The lowest BCUT2D eigenvalue weighted by atomic mass is 10.0. The van der Waals surface area contributed by atoms with Crippen molar-refractivity contribution in [3.63, 3.8) is 0 Å². The molecule has 12 nitrogen and oxygen atoms in total. The lowest BCUT2D eigenvalue weighted by molar-refractivity contribution is -0.00162. The second kappa shape index (κ2) is 9.70. The van der Waals surface area contributed by atoms with E-state index in [4.69, 9.17) is 9.72 Å². The standard InChI is InChI=1S/C22H34FN9O3/c1-13(2)16-9-26-32-18(16)29-19(27-15-7-17(33)25-8-15)30-20(32)28-14-3-5-31(6-4-14)21(34)35-12-22(23)10-24-11-22/h9,13-15,17,24-25,33H,3-8,10-12H2,1-2H3,(H2,27,28,29,30)/t15-,17-/m0/s1. The normalized spacial score (nSPS) is 24.5. The SMILES string of the molecule is CC(C)c1cnn2c(NC3CCN(C(=O)OCC4(F)CNC4)CC3)nc(N[C@@H]3CN[C@@H](O)C3)nc12. The lowest BCUT2D eigenvalue weighted by Gasteiger charge is -2.36. The number of piperidine rings is 1. The van der Waals surface area contributed by atoms with Gasteiger partial charge in [0.15, 0.2) is 11.3 Å². The molecule has 0 bridgehead atoms. The van der Waals surface area contributed by atoms with Gasteiger partial charge in [-0.25, -0.2) is 9.18 Å². The van der Waals surface area contributed by atoms with Crippen molar-refractivity contribution in [2.24, 2.45) is 0 Å². The maximum Gasteiger partial charge on any atom is 0.409 e. The number of aliphatic hydroxyl groups is 1. The minimum absolute atomic E-state index is 0.0270. The number of rotatable bonds is 7. The van der Waals surface area contributed by atoms with E-state index in [-0.39, 0.29) is 37.7 Å². The second-order valence-electron chi connectivity index (χ2n) is 10.1. The van der Waals surface area contributed by atoms with Crippen LogP contribution in [-0.2, 0) is 4.74 Å². The molecule has 0 radical (unpaired) electrons. The number of alkyl halides is 1. The summed E-state index contributed by atoms with van der Waals surface area (Å²) in [6, 6.07) is 0.106. The summed E-state index contributed by atoms with van der Waals surface area (Å²) in [7, 11) is 0. The minimum atomic E-state index is -1.44. The molecule has 2 aromatic heterocycles. The number of nitrogens with zero attached hydrogens (tertiary/aromatic N) is 5. The number of fused-ring (bicyclic) bond motifs is 1. The monoisotopic (exact) mass is 491 g/mol. The van der Waals surface area contributed by atoms with E-state index < -0.39 is 18.0 Å². The number of likely N-dealkylation sites (tertiary alicyclic amines) is 1. The highest BCUT2D eigenvalue weighted by Gasteiger charge is 2.39. The average Bonchev–Trinajstić information content (AvgIpc) is 3.43. The predicted molar refractivity (Wildman–Crippen MR) is 127 cm³/mol. The number of aromatic nitrogens is 4. The van der Waals surface area contributed by atoms with Crippen LogP contribution in [0.2, 0.25) is 0 Å². The van der Waals surface area contributed by atoms with Crippen molar-refractivity contribution in [3.8, 4) is 0 Å². The number of halogens is 1. The largest absolute Gasteiger partial charge is 0.446 e. The summed E-state index contributed by atoms with van der Waals surface area (Å²) in [4.78, 5) is 23.4. The van der Waals surface area contributed by atoms with Crippen LogP contribution in [0.1, 0.15) is 44.6 Å². The van der Waals surface area contributed by atoms with E-state index in [2.05, 4.69) is 45.2 Å². The topological polar surface area (TPSA) is 141 Å². The Morgan fingerprint density at radius 1 is 1.29 bits per heavy atom. The first-order valence-electron chi connectivity index (χ1n) is 12.3. The molecule has 5 N–H and O–H groups in total. The van der Waals surface area contributed by atoms with Gasteiger partial charge in [-0.3, -0.25) is 5.32 Å². The molecule has 192 valence electrons. The number of carbonyl (C=O) groups excluding carboxylic acids is 1. The Kier molecular flexibility index (Phi) is 6.64. The summed E-state index contributed by atoms with van der Waals surface area (Å²) < 4.78 is 21.0. The van der Waals surface area contributed by atoms with Gasteiger partial charge in [0, 0.05) is 56.8 Å². The zero-order valence-corrected chi connectivity index (χ0v) is 20.1. The predicted octanol–water partition coefficient (Wildman–Crippen LogP) is 0.664. The molecule has 3 fully saturated rings. The maximum atomic E-state index is 14.1. The molecule has 0 unspecified atom stereocenters. The first kappa shape index (κ1) is 23.9. The van der Waals surface area contributed by atoms with Gasteiger partial charge in [0.1, 0.15) is 12.8 Å². The molecule has 0 saturated carbocycles. The van der Waals surface area contributed by atoms with Gasteiger partial charge in [-0.15, -0.1) is 0 Å². The number of aliphatic hydroxyl groups excluding tert-OH is 1. The first-order chi connectivity index (χ1) is 16.8. The number of hydrogen-bond donors (Lipinski definition) is 5. The molecule has 0 spiro atoms. The van der Waals surface area contributed by atoms with Crippen LogP contribution in [-0.4, -0.2) is 99.0 Å². The van der Waals surface area contributed by atoms with Crippen LogP contribution in [0.15, 0.2) is 6.20 Å². The summed E-state index contributed by atoms with van der Waals surface area (Å²) in [5.74, 6) is 1.30. The molecule has 2 atom stereocenters. The van der Waals surface area contributed by atoms with E-state index in [9.17, 15) is 14.3 Å². The van der Waals surface area contributed by atoms with E-state index in [0.717, 1.165) is 11.2 Å². The van der Waals surface area contributed by atoms with Crippen molar-refractivity contribution in [3.05, 3.63) is 11.8 Å². The van der Waals surface area contributed by atoms with Crippen LogP contribution in [0.25, 0.3) is 5.65 Å². The quantitative estimate of drug-likeness (QED) is 0.375. The third kappa shape index (κ3) is 5.26. The number of anilines is 2. The number of ether oxygens (including phenoxy) is 1.